The highest BCUT2D eigenvalue weighted by molar-refractivity contribution is 7.99. The van der Waals surface area contributed by atoms with Crippen molar-refractivity contribution < 1.29 is 14.3 Å². The largest absolute Gasteiger partial charge is 0.497 e. The summed E-state index contributed by atoms with van der Waals surface area (Å²) in [5.41, 5.74) is 0.614. The first kappa shape index (κ1) is 14.5. The maximum atomic E-state index is 11.8. The van der Waals surface area contributed by atoms with Gasteiger partial charge in [0.05, 0.1) is 19.8 Å². The molecule has 0 amide bonds. The van der Waals surface area contributed by atoms with Crippen molar-refractivity contribution in [2.45, 2.75) is 16.7 Å². The second-order valence-electron chi connectivity index (χ2n) is 4.17. The number of carbonyl (C=O) groups excluding carboxylic acids is 1. The second kappa shape index (κ2) is 6.48. The van der Waals surface area contributed by atoms with E-state index in [-0.39, 0.29) is 5.78 Å². The van der Waals surface area contributed by atoms with Crippen LogP contribution < -0.4 is 9.47 Å². The third-order valence-corrected chi connectivity index (χ3v) is 3.88. The van der Waals surface area contributed by atoms with Crippen LogP contribution in [-0.4, -0.2) is 20.0 Å². The number of hydrogen-bond donors (Lipinski definition) is 0. The molecule has 0 atom stereocenters. The van der Waals surface area contributed by atoms with Crippen molar-refractivity contribution >= 4 is 17.5 Å². The SMILES string of the molecule is COc1cccc(Sc2cccc(OC)c2C(C)=O)c1. The summed E-state index contributed by atoms with van der Waals surface area (Å²) in [6.45, 7) is 1.55. The van der Waals surface area contributed by atoms with Gasteiger partial charge in [-0.1, -0.05) is 23.9 Å². The minimum Gasteiger partial charge on any atom is -0.497 e. The fraction of sp³-hybridized carbons (Fsp3) is 0.188. The molecule has 0 saturated carbocycles. The van der Waals surface area contributed by atoms with Crippen LogP contribution in [0.4, 0.5) is 0 Å². The van der Waals surface area contributed by atoms with E-state index < -0.39 is 0 Å². The van der Waals surface area contributed by atoms with E-state index in [4.69, 9.17) is 9.47 Å². The molecule has 0 heterocycles. The summed E-state index contributed by atoms with van der Waals surface area (Å²) in [6.07, 6.45) is 0. The first-order valence-corrected chi connectivity index (χ1v) is 6.97. The van der Waals surface area contributed by atoms with E-state index >= 15 is 0 Å². The molecule has 0 saturated heterocycles. The summed E-state index contributed by atoms with van der Waals surface area (Å²) in [4.78, 5) is 13.7. The molecular weight excluding hydrogens is 272 g/mol. The molecule has 0 unspecified atom stereocenters. The van der Waals surface area contributed by atoms with Gasteiger partial charge >= 0.3 is 0 Å². The number of methoxy groups -OCH3 is 2. The lowest BCUT2D eigenvalue weighted by Gasteiger charge is -2.11. The van der Waals surface area contributed by atoms with Crippen LogP contribution in [0.25, 0.3) is 0 Å². The number of carbonyl (C=O) groups is 1. The Labute approximate surface area is 122 Å². The predicted octanol–water partition coefficient (Wildman–Crippen LogP) is 4.06. The lowest BCUT2D eigenvalue weighted by atomic mass is 10.1. The number of benzene rings is 2. The molecule has 0 N–H and O–H groups in total. The van der Waals surface area contributed by atoms with Gasteiger partial charge in [-0.15, -0.1) is 0 Å². The zero-order chi connectivity index (χ0) is 14.5. The average molecular weight is 288 g/mol. The van der Waals surface area contributed by atoms with Crippen molar-refractivity contribution in [3.63, 3.8) is 0 Å². The normalized spacial score (nSPS) is 10.2. The highest BCUT2D eigenvalue weighted by atomic mass is 32.2. The standard InChI is InChI=1S/C16H16O3S/c1-11(17)16-14(19-3)8-5-9-15(16)20-13-7-4-6-12(10-13)18-2/h4-10H,1-3H3. The Morgan fingerprint density at radius 1 is 1.05 bits per heavy atom. The van der Waals surface area contributed by atoms with E-state index in [1.807, 2.05) is 36.4 Å². The molecule has 2 aromatic carbocycles. The fourth-order valence-corrected chi connectivity index (χ4v) is 2.97. The van der Waals surface area contributed by atoms with Crippen molar-refractivity contribution in [3.05, 3.63) is 48.0 Å². The van der Waals surface area contributed by atoms with Crippen molar-refractivity contribution in [1.82, 2.24) is 0 Å². The lowest BCUT2D eigenvalue weighted by Crippen LogP contribution is -1.99. The Morgan fingerprint density at radius 2 is 1.80 bits per heavy atom. The maximum absolute atomic E-state index is 11.8. The molecule has 2 aromatic rings. The molecular formula is C16H16O3S. The number of ketones is 1. The van der Waals surface area contributed by atoms with E-state index in [0.717, 1.165) is 15.5 Å². The van der Waals surface area contributed by atoms with Crippen LogP contribution in [0.15, 0.2) is 52.3 Å². The smallest absolute Gasteiger partial charge is 0.164 e. The summed E-state index contributed by atoms with van der Waals surface area (Å²) in [6, 6.07) is 13.3. The third-order valence-electron chi connectivity index (χ3n) is 2.83. The van der Waals surface area contributed by atoms with Gasteiger partial charge in [0, 0.05) is 9.79 Å². The zero-order valence-electron chi connectivity index (χ0n) is 11.7. The van der Waals surface area contributed by atoms with Crippen molar-refractivity contribution in [2.24, 2.45) is 0 Å². The minimum absolute atomic E-state index is 0.00662. The third kappa shape index (κ3) is 3.14. The molecule has 104 valence electrons. The molecule has 20 heavy (non-hydrogen) atoms. The number of rotatable bonds is 5. The summed E-state index contributed by atoms with van der Waals surface area (Å²) >= 11 is 1.52. The van der Waals surface area contributed by atoms with Crippen LogP contribution in [0.2, 0.25) is 0 Å². The average Bonchev–Trinajstić information content (AvgIpc) is 2.46. The lowest BCUT2D eigenvalue weighted by molar-refractivity contribution is 0.101. The first-order valence-electron chi connectivity index (χ1n) is 6.15. The number of ether oxygens (including phenoxy) is 2. The molecule has 2 rings (SSSR count). The van der Waals surface area contributed by atoms with Gasteiger partial charge in [-0.3, -0.25) is 4.79 Å². The van der Waals surface area contributed by atoms with E-state index in [1.54, 1.807) is 27.2 Å². The Bertz CT molecular complexity index is 623. The number of hydrogen-bond acceptors (Lipinski definition) is 4. The molecule has 4 heteroatoms. The molecule has 0 aliphatic rings. The van der Waals surface area contributed by atoms with Gasteiger partial charge in [0.15, 0.2) is 5.78 Å². The van der Waals surface area contributed by atoms with Gasteiger partial charge in [-0.05, 0) is 37.3 Å². The van der Waals surface area contributed by atoms with Crippen molar-refractivity contribution in [2.75, 3.05) is 14.2 Å². The van der Waals surface area contributed by atoms with Gasteiger partial charge in [0.2, 0.25) is 0 Å². The second-order valence-corrected chi connectivity index (χ2v) is 5.29. The van der Waals surface area contributed by atoms with Crippen LogP contribution >= 0.6 is 11.8 Å². The summed E-state index contributed by atoms with van der Waals surface area (Å²) in [7, 11) is 3.21. The minimum atomic E-state index is -0.00662. The molecule has 0 bridgehead atoms. The van der Waals surface area contributed by atoms with Gasteiger partial charge in [-0.2, -0.15) is 0 Å². The maximum Gasteiger partial charge on any atom is 0.164 e. The molecule has 0 spiro atoms. The van der Waals surface area contributed by atoms with Crippen LogP contribution in [-0.2, 0) is 0 Å². The fourth-order valence-electron chi connectivity index (χ4n) is 1.90. The Hall–Kier alpha value is -1.94. The van der Waals surface area contributed by atoms with E-state index in [0.29, 0.717) is 11.3 Å². The van der Waals surface area contributed by atoms with Crippen LogP contribution in [0.1, 0.15) is 17.3 Å². The molecule has 0 radical (unpaired) electrons. The van der Waals surface area contributed by atoms with E-state index in [9.17, 15) is 4.79 Å². The molecule has 0 aliphatic carbocycles. The van der Waals surface area contributed by atoms with Crippen LogP contribution in [0, 0.1) is 0 Å². The Morgan fingerprint density at radius 3 is 2.45 bits per heavy atom. The van der Waals surface area contributed by atoms with Crippen molar-refractivity contribution in [3.8, 4) is 11.5 Å². The van der Waals surface area contributed by atoms with Gasteiger partial charge in [0.1, 0.15) is 11.5 Å². The number of Topliss-reactive ketones (excluding diaryl/α,β-unsaturated/α-hetero) is 1. The Balaban J connectivity index is 2.40. The topological polar surface area (TPSA) is 35.5 Å². The summed E-state index contributed by atoms with van der Waals surface area (Å²) in [5, 5.41) is 0. The monoisotopic (exact) mass is 288 g/mol. The first-order chi connectivity index (χ1) is 9.65. The van der Waals surface area contributed by atoms with Crippen LogP contribution in [0.5, 0.6) is 11.5 Å². The van der Waals surface area contributed by atoms with Gasteiger partial charge < -0.3 is 9.47 Å². The van der Waals surface area contributed by atoms with Gasteiger partial charge in [-0.25, -0.2) is 0 Å². The van der Waals surface area contributed by atoms with E-state index in [2.05, 4.69) is 0 Å². The van der Waals surface area contributed by atoms with Crippen LogP contribution in [0.3, 0.4) is 0 Å². The highest BCUT2D eigenvalue weighted by Crippen LogP contribution is 2.36. The summed E-state index contributed by atoms with van der Waals surface area (Å²) < 4.78 is 10.5. The molecule has 0 aliphatic heterocycles. The predicted molar refractivity (Wildman–Crippen MR) is 80.1 cm³/mol. The Kier molecular flexibility index (Phi) is 4.69. The molecule has 3 nitrogen and oxygen atoms in total. The zero-order valence-corrected chi connectivity index (χ0v) is 12.5. The van der Waals surface area contributed by atoms with Crippen molar-refractivity contribution in [1.29, 1.82) is 0 Å². The highest BCUT2D eigenvalue weighted by Gasteiger charge is 2.14. The van der Waals surface area contributed by atoms with Gasteiger partial charge in [0.25, 0.3) is 0 Å². The quantitative estimate of drug-likeness (QED) is 0.777. The molecule has 0 aromatic heterocycles. The molecule has 0 fully saturated rings. The van der Waals surface area contributed by atoms with E-state index in [1.165, 1.54) is 11.8 Å². The summed E-state index contributed by atoms with van der Waals surface area (Å²) in [5.74, 6) is 1.39.